The van der Waals surface area contributed by atoms with E-state index in [1.807, 2.05) is 4.90 Å². The van der Waals surface area contributed by atoms with Gasteiger partial charge in [0.1, 0.15) is 0 Å². The second kappa shape index (κ2) is 4.09. The molecule has 1 fully saturated rings. The molecule has 7 nitrogen and oxygen atoms in total. The third kappa shape index (κ3) is 1.85. The van der Waals surface area contributed by atoms with E-state index in [1.165, 1.54) is 6.33 Å². The summed E-state index contributed by atoms with van der Waals surface area (Å²) in [5, 5.41) is 20.4. The van der Waals surface area contributed by atoms with Crippen molar-refractivity contribution in [2.24, 2.45) is 7.05 Å². The molecule has 1 aliphatic rings. The van der Waals surface area contributed by atoms with Gasteiger partial charge in [0.25, 0.3) is 0 Å². The highest BCUT2D eigenvalue weighted by Gasteiger charge is 2.28. The van der Waals surface area contributed by atoms with E-state index in [4.69, 9.17) is 0 Å². The molecular weight excluding hydrogens is 212 g/mol. The Morgan fingerprint density at radius 3 is 3.06 bits per heavy atom. The number of rotatable bonds is 2. The van der Waals surface area contributed by atoms with Crippen molar-refractivity contribution in [3.63, 3.8) is 0 Å². The summed E-state index contributed by atoms with van der Waals surface area (Å²) in [4.78, 5) is 15.9. The Hall–Kier alpha value is -1.63. The number of piperidine rings is 1. The Morgan fingerprint density at radius 2 is 2.44 bits per heavy atom. The third-order valence-corrected chi connectivity index (χ3v) is 2.76. The number of β-amino-alcohol motifs (C(OH)–C–C–N with tert-alkyl or cyclic N) is 1. The zero-order chi connectivity index (χ0) is 11.7. The van der Waals surface area contributed by atoms with Crippen LogP contribution in [-0.4, -0.2) is 38.8 Å². The number of nitrogens with zero attached hydrogens (tertiary/aromatic N) is 4. The maximum absolute atomic E-state index is 10.8. The van der Waals surface area contributed by atoms with E-state index >= 15 is 0 Å². The number of aliphatic hydroxyl groups is 1. The van der Waals surface area contributed by atoms with Crippen molar-refractivity contribution in [2.75, 3.05) is 18.0 Å². The summed E-state index contributed by atoms with van der Waals surface area (Å²) in [6.07, 6.45) is 2.60. The van der Waals surface area contributed by atoms with Gasteiger partial charge in [0.15, 0.2) is 0 Å². The molecule has 0 spiro atoms. The second-order valence-corrected chi connectivity index (χ2v) is 4.00. The molecule has 2 rings (SSSR count). The first-order valence-electron chi connectivity index (χ1n) is 5.18. The molecule has 0 saturated carbocycles. The second-order valence-electron chi connectivity index (χ2n) is 4.00. The fraction of sp³-hybridized carbons (Fsp3) is 0.667. The highest BCUT2D eigenvalue weighted by atomic mass is 16.6. The minimum absolute atomic E-state index is 0.142. The first kappa shape index (κ1) is 10.9. The number of anilines is 1. The molecule has 1 atom stereocenters. The molecule has 0 radical (unpaired) electrons. The lowest BCUT2D eigenvalue weighted by Gasteiger charge is -2.30. The van der Waals surface area contributed by atoms with Crippen molar-refractivity contribution in [1.29, 1.82) is 0 Å². The van der Waals surface area contributed by atoms with Crippen molar-refractivity contribution in [2.45, 2.75) is 18.9 Å². The molecule has 0 amide bonds. The van der Waals surface area contributed by atoms with Gasteiger partial charge in [0.05, 0.1) is 6.10 Å². The third-order valence-electron chi connectivity index (χ3n) is 2.76. The lowest BCUT2D eigenvalue weighted by Crippen LogP contribution is -2.39. The molecule has 88 valence electrons. The molecule has 0 aliphatic carbocycles. The molecule has 1 saturated heterocycles. The summed E-state index contributed by atoms with van der Waals surface area (Å²) in [5.41, 5.74) is 0. The van der Waals surface area contributed by atoms with Crippen LogP contribution in [0.4, 0.5) is 11.6 Å². The number of imidazole rings is 1. The number of aromatic nitrogens is 2. The van der Waals surface area contributed by atoms with E-state index in [9.17, 15) is 15.2 Å². The molecule has 1 aliphatic heterocycles. The van der Waals surface area contributed by atoms with Crippen LogP contribution in [0.5, 0.6) is 0 Å². The standard InChI is InChI=1S/C9H14N4O3/c1-11-6-10-8(13(15)16)9(11)12-4-2-3-7(14)5-12/h6-7,14H,2-5H2,1H3. The van der Waals surface area contributed by atoms with E-state index in [0.29, 0.717) is 12.4 Å². The van der Waals surface area contributed by atoms with Crippen LogP contribution in [0.1, 0.15) is 12.8 Å². The maximum Gasteiger partial charge on any atom is 0.406 e. The van der Waals surface area contributed by atoms with Gasteiger partial charge in [-0.2, -0.15) is 0 Å². The monoisotopic (exact) mass is 226 g/mol. The Labute approximate surface area is 92.5 Å². The normalized spacial score (nSPS) is 21.1. The fourth-order valence-electron chi connectivity index (χ4n) is 2.05. The van der Waals surface area contributed by atoms with Crippen molar-refractivity contribution >= 4 is 11.6 Å². The SMILES string of the molecule is Cn1cnc([N+](=O)[O-])c1N1CCCC(O)C1. The van der Waals surface area contributed by atoms with Crippen LogP contribution >= 0.6 is 0 Å². The summed E-state index contributed by atoms with van der Waals surface area (Å²) < 4.78 is 1.62. The van der Waals surface area contributed by atoms with Gasteiger partial charge in [-0.25, -0.2) is 0 Å². The number of aliphatic hydroxyl groups excluding tert-OH is 1. The lowest BCUT2D eigenvalue weighted by atomic mass is 10.1. The van der Waals surface area contributed by atoms with Crippen LogP contribution in [0.2, 0.25) is 0 Å². The van der Waals surface area contributed by atoms with Crippen LogP contribution in [0, 0.1) is 10.1 Å². The molecule has 1 aromatic rings. The molecule has 1 aromatic heterocycles. The fourth-order valence-corrected chi connectivity index (χ4v) is 2.05. The lowest BCUT2D eigenvalue weighted by molar-refractivity contribution is -0.388. The van der Waals surface area contributed by atoms with Crippen molar-refractivity contribution in [3.05, 3.63) is 16.4 Å². The number of nitro groups is 1. The first-order valence-corrected chi connectivity index (χ1v) is 5.18. The Balaban J connectivity index is 2.31. The zero-order valence-corrected chi connectivity index (χ0v) is 9.04. The van der Waals surface area contributed by atoms with Gasteiger partial charge >= 0.3 is 5.82 Å². The quantitative estimate of drug-likeness (QED) is 0.578. The topological polar surface area (TPSA) is 84.4 Å². The molecule has 16 heavy (non-hydrogen) atoms. The van der Waals surface area contributed by atoms with Gasteiger partial charge in [-0.15, -0.1) is 0 Å². The molecule has 0 aromatic carbocycles. The number of hydrogen-bond donors (Lipinski definition) is 1. The molecule has 1 unspecified atom stereocenters. The highest BCUT2D eigenvalue weighted by Crippen LogP contribution is 2.28. The number of hydrogen-bond acceptors (Lipinski definition) is 5. The summed E-state index contributed by atoms with van der Waals surface area (Å²) in [5.74, 6) is 0.334. The van der Waals surface area contributed by atoms with E-state index in [2.05, 4.69) is 4.98 Å². The summed E-state index contributed by atoms with van der Waals surface area (Å²) in [6.45, 7) is 1.15. The number of aryl methyl sites for hydroxylation is 1. The van der Waals surface area contributed by atoms with Crippen molar-refractivity contribution in [3.8, 4) is 0 Å². The average molecular weight is 226 g/mol. The van der Waals surface area contributed by atoms with Gasteiger partial charge < -0.3 is 20.1 Å². The van der Waals surface area contributed by atoms with Crippen molar-refractivity contribution < 1.29 is 10.0 Å². The van der Waals surface area contributed by atoms with E-state index < -0.39 is 11.0 Å². The Bertz CT molecular complexity index is 403. The molecule has 7 heteroatoms. The first-order chi connectivity index (χ1) is 7.59. The van der Waals surface area contributed by atoms with E-state index in [-0.39, 0.29) is 5.82 Å². The molecule has 1 N–H and O–H groups in total. The smallest absolute Gasteiger partial charge is 0.391 e. The Kier molecular flexibility index (Phi) is 2.78. The highest BCUT2D eigenvalue weighted by molar-refractivity contribution is 5.54. The molecule has 0 bridgehead atoms. The summed E-state index contributed by atoms with van der Waals surface area (Å²) >= 11 is 0. The predicted molar refractivity (Wildman–Crippen MR) is 57.3 cm³/mol. The predicted octanol–water partition coefficient (Wildman–Crippen LogP) is 0.289. The van der Waals surface area contributed by atoms with Gasteiger partial charge in [-0.1, -0.05) is 0 Å². The minimum atomic E-state index is -0.490. The van der Waals surface area contributed by atoms with E-state index in [1.54, 1.807) is 11.6 Å². The van der Waals surface area contributed by atoms with Crippen LogP contribution in [0.3, 0.4) is 0 Å². The van der Waals surface area contributed by atoms with Crippen LogP contribution in [-0.2, 0) is 7.05 Å². The van der Waals surface area contributed by atoms with Crippen LogP contribution < -0.4 is 4.90 Å². The average Bonchev–Trinajstić information content (AvgIpc) is 2.60. The van der Waals surface area contributed by atoms with Crippen LogP contribution in [0.25, 0.3) is 0 Å². The maximum atomic E-state index is 10.8. The summed E-state index contributed by atoms with van der Waals surface area (Å²) in [6, 6.07) is 0. The molecular formula is C9H14N4O3. The van der Waals surface area contributed by atoms with Gasteiger partial charge in [0, 0.05) is 20.1 Å². The Morgan fingerprint density at radius 1 is 1.69 bits per heavy atom. The van der Waals surface area contributed by atoms with Crippen molar-refractivity contribution in [1.82, 2.24) is 9.55 Å². The largest absolute Gasteiger partial charge is 0.406 e. The van der Waals surface area contributed by atoms with Gasteiger partial charge in [-0.3, -0.25) is 4.57 Å². The van der Waals surface area contributed by atoms with Crippen LogP contribution in [0.15, 0.2) is 6.33 Å². The zero-order valence-electron chi connectivity index (χ0n) is 9.04. The molecule has 2 heterocycles. The van der Waals surface area contributed by atoms with E-state index in [0.717, 1.165) is 19.4 Å². The minimum Gasteiger partial charge on any atom is -0.391 e. The summed E-state index contributed by atoms with van der Waals surface area (Å²) in [7, 11) is 1.72. The van der Waals surface area contributed by atoms with Gasteiger partial charge in [0.2, 0.25) is 12.1 Å². The van der Waals surface area contributed by atoms with Gasteiger partial charge in [-0.05, 0) is 22.7 Å².